The Morgan fingerprint density at radius 2 is 2.11 bits per heavy atom. The van der Waals surface area contributed by atoms with Crippen molar-refractivity contribution in [1.82, 2.24) is 25.1 Å². The predicted molar refractivity (Wildman–Crippen MR) is 135 cm³/mol. The molecular weight excluding hydrogens is 441 g/mol. The summed E-state index contributed by atoms with van der Waals surface area (Å²) in [6, 6.07) is 12.8. The normalized spacial score (nSPS) is 19.3. The van der Waals surface area contributed by atoms with E-state index in [1.165, 1.54) is 24.8 Å². The largest absolute Gasteiger partial charge is 0.380 e. The van der Waals surface area contributed by atoms with Crippen LogP contribution < -0.4 is 5.32 Å². The van der Waals surface area contributed by atoms with Crippen LogP contribution in [0, 0.1) is 18.7 Å². The molecule has 6 rings (SSSR count). The van der Waals surface area contributed by atoms with Crippen molar-refractivity contribution in [2.75, 3.05) is 13.2 Å². The molecule has 0 spiro atoms. The number of halogens is 1. The van der Waals surface area contributed by atoms with Gasteiger partial charge in [-0.3, -0.25) is 0 Å². The smallest absolute Gasteiger partial charge is 0.155 e. The summed E-state index contributed by atoms with van der Waals surface area (Å²) >= 11 is 0. The molecule has 2 aliphatic rings. The van der Waals surface area contributed by atoms with Gasteiger partial charge in [0.1, 0.15) is 12.2 Å². The van der Waals surface area contributed by atoms with E-state index in [1.807, 2.05) is 29.8 Å². The second-order valence-corrected chi connectivity index (χ2v) is 10.2. The first kappa shape index (κ1) is 22.4. The van der Waals surface area contributed by atoms with Gasteiger partial charge in [0.2, 0.25) is 0 Å². The lowest BCUT2D eigenvalue weighted by atomic mass is 9.72. The molecule has 0 bridgehead atoms. The lowest BCUT2D eigenvalue weighted by Gasteiger charge is -2.33. The fourth-order valence-electron chi connectivity index (χ4n) is 5.62. The Morgan fingerprint density at radius 3 is 2.83 bits per heavy atom. The Kier molecular flexibility index (Phi) is 5.90. The summed E-state index contributed by atoms with van der Waals surface area (Å²) in [6.45, 7) is 4.28. The molecule has 1 saturated carbocycles. The Labute approximate surface area is 204 Å². The van der Waals surface area contributed by atoms with Gasteiger partial charge in [-0.15, -0.1) is 10.2 Å². The number of nitrogens with zero attached hydrogens (tertiary/aromatic N) is 3. The van der Waals surface area contributed by atoms with Gasteiger partial charge >= 0.3 is 0 Å². The number of H-pyrrole nitrogens is 1. The van der Waals surface area contributed by atoms with Crippen LogP contribution in [0.1, 0.15) is 54.2 Å². The molecule has 3 heterocycles. The highest BCUT2D eigenvalue weighted by molar-refractivity contribution is 5.89. The van der Waals surface area contributed by atoms with Crippen LogP contribution in [-0.2, 0) is 18.3 Å². The van der Waals surface area contributed by atoms with Crippen LogP contribution >= 0.6 is 0 Å². The Bertz CT molecular complexity index is 1350. The first-order valence-corrected chi connectivity index (χ1v) is 12.6. The average Bonchev–Trinajstić information content (AvgIpc) is 3.58. The van der Waals surface area contributed by atoms with Gasteiger partial charge in [0, 0.05) is 48.8 Å². The van der Waals surface area contributed by atoms with E-state index in [9.17, 15) is 0 Å². The predicted octanol–water partition coefficient (Wildman–Crippen LogP) is 5.22. The molecule has 7 heteroatoms. The van der Waals surface area contributed by atoms with Crippen LogP contribution in [0.3, 0.4) is 0 Å². The molecule has 6 nitrogen and oxygen atoms in total. The summed E-state index contributed by atoms with van der Waals surface area (Å²) in [5, 5.41) is 13.0. The van der Waals surface area contributed by atoms with Crippen LogP contribution in [0.4, 0.5) is 4.39 Å². The van der Waals surface area contributed by atoms with Crippen molar-refractivity contribution in [1.29, 1.82) is 0 Å². The van der Waals surface area contributed by atoms with Gasteiger partial charge in [-0.05, 0) is 60.9 Å². The second-order valence-electron chi connectivity index (χ2n) is 10.2. The number of benzene rings is 2. The van der Waals surface area contributed by atoms with E-state index < -0.39 is 0 Å². The first-order valence-electron chi connectivity index (χ1n) is 12.6. The maximum absolute atomic E-state index is 15.9. The molecule has 0 radical (unpaired) electrons. The molecule has 1 aliphatic carbocycles. The highest BCUT2D eigenvalue weighted by Crippen LogP contribution is 2.43. The molecular formula is C28H32FN5O. The number of fused-ring (bicyclic) bond motifs is 1. The van der Waals surface area contributed by atoms with Gasteiger partial charge in [0.05, 0.1) is 12.1 Å². The monoisotopic (exact) mass is 473 g/mol. The van der Waals surface area contributed by atoms with Crippen molar-refractivity contribution in [2.24, 2.45) is 13.0 Å². The number of hydrogen-bond acceptors (Lipinski definition) is 4. The van der Waals surface area contributed by atoms with Crippen molar-refractivity contribution in [3.63, 3.8) is 0 Å². The fraction of sp³-hybridized carbons (Fsp3) is 0.429. The third kappa shape index (κ3) is 4.17. The maximum Gasteiger partial charge on any atom is 0.155 e. The van der Waals surface area contributed by atoms with Crippen LogP contribution in [0.5, 0.6) is 0 Å². The van der Waals surface area contributed by atoms with Crippen molar-refractivity contribution < 1.29 is 9.13 Å². The number of nitrogens with one attached hydrogen (secondary N) is 2. The maximum atomic E-state index is 15.9. The molecule has 0 amide bonds. The fourth-order valence-corrected chi connectivity index (χ4v) is 5.62. The minimum absolute atomic E-state index is 0.173. The van der Waals surface area contributed by atoms with Crippen molar-refractivity contribution in [2.45, 2.75) is 51.1 Å². The number of aromatic amines is 1. The van der Waals surface area contributed by atoms with Crippen LogP contribution in [0.2, 0.25) is 0 Å². The molecule has 2 aromatic heterocycles. The topological polar surface area (TPSA) is 67.8 Å². The van der Waals surface area contributed by atoms with E-state index in [2.05, 4.69) is 45.6 Å². The lowest BCUT2D eigenvalue weighted by molar-refractivity contribution is 0.189. The van der Waals surface area contributed by atoms with E-state index in [4.69, 9.17) is 4.74 Å². The summed E-state index contributed by atoms with van der Waals surface area (Å²) < 4.78 is 23.4. The summed E-state index contributed by atoms with van der Waals surface area (Å²) in [4.78, 5) is 3.34. The third-order valence-corrected chi connectivity index (χ3v) is 7.83. The average molecular weight is 474 g/mol. The lowest BCUT2D eigenvalue weighted by Crippen LogP contribution is -2.28. The third-order valence-electron chi connectivity index (χ3n) is 7.83. The minimum atomic E-state index is -0.197. The molecule has 4 aromatic rings. The molecule has 0 unspecified atom stereocenters. The molecule has 2 fully saturated rings. The van der Waals surface area contributed by atoms with Crippen molar-refractivity contribution in [3.05, 3.63) is 71.2 Å². The zero-order chi connectivity index (χ0) is 23.9. The number of rotatable bonds is 7. The van der Waals surface area contributed by atoms with E-state index in [1.54, 1.807) is 6.33 Å². The van der Waals surface area contributed by atoms with E-state index in [0.717, 1.165) is 47.7 Å². The van der Waals surface area contributed by atoms with E-state index in [-0.39, 0.29) is 11.7 Å². The number of hydrogen-bond donors (Lipinski definition) is 2. The first-order chi connectivity index (χ1) is 17.1. The molecule has 1 aliphatic heterocycles. The molecule has 2 N–H and O–H groups in total. The minimum Gasteiger partial charge on any atom is -0.380 e. The Morgan fingerprint density at radius 1 is 1.23 bits per heavy atom. The summed E-state index contributed by atoms with van der Waals surface area (Å²) in [7, 11) is 2.00. The number of ether oxygens (including phenoxy) is 1. The second kappa shape index (κ2) is 9.21. The quantitative estimate of drug-likeness (QED) is 0.386. The Hall–Kier alpha value is -3.03. The zero-order valence-corrected chi connectivity index (χ0v) is 20.4. The SMILES string of the molecule is Cc1cc(-c2cccc([C@H](c3nncn3C)C3CCC3)c2)c(F)c2[nH]c(CN[C@@H]3CCOC3)cc12. The van der Waals surface area contributed by atoms with Gasteiger partial charge in [-0.2, -0.15) is 0 Å². The highest BCUT2D eigenvalue weighted by atomic mass is 19.1. The highest BCUT2D eigenvalue weighted by Gasteiger charge is 2.33. The van der Waals surface area contributed by atoms with Gasteiger partial charge < -0.3 is 19.6 Å². The van der Waals surface area contributed by atoms with E-state index in [0.29, 0.717) is 29.6 Å². The summed E-state index contributed by atoms with van der Waals surface area (Å²) in [6.07, 6.45) is 6.41. The summed E-state index contributed by atoms with van der Waals surface area (Å²) in [5.74, 6) is 1.50. The molecule has 2 atom stereocenters. The molecule has 35 heavy (non-hydrogen) atoms. The van der Waals surface area contributed by atoms with Crippen molar-refractivity contribution >= 4 is 10.9 Å². The molecule has 2 aromatic carbocycles. The molecule has 1 saturated heterocycles. The van der Waals surface area contributed by atoms with Gasteiger partial charge in [0.25, 0.3) is 0 Å². The van der Waals surface area contributed by atoms with Gasteiger partial charge in [-0.25, -0.2) is 4.39 Å². The Balaban J connectivity index is 1.35. The van der Waals surface area contributed by atoms with Gasteiger partial charge in [-0.1, -0.05) is 30.7 Å². The van der Waals surface area contributed by atoms with Crippen LogP contribution in [0.25, 0.3) is 22.0 Å². The van der Waals surface area contributed by atoms with Crippen LogP contribution in [0.15, 0.2) is 42.7 Å². The van der Waals surface area contributed by atoms with Crippen molar-refractivity contribution in [3.8, 4) is 11.1 Å². The summed E-state index contributed by atoms with van der Waals surface area (Å²) in [5.41, 5.74) is 5.34. The standard InChI is InChI=1S/C28H32FN5O/c1-17-11-24(26(29)27-23(17)13-22(32-27)14-30-21-9-10-35-15-21)19-7-4-8-20(12-19)25(18-5-3-6-18)28-33-31-16-34(28)2/h4,7-8,11-13,16,18,21,25,30,32H,3,5-6,9-10,14-15H2,1-2H3/t21-,25-/m1/s1. The number of aryl methyl sites for hydroxylation is 2. The molecule has 182 valence electrons. The van der Waals surface area contributed by atoms with Crippen LogP contribution in [-0.4, -0.2) is 39.0 Å². The number of aromatic nitrogens is 4. The van der Waals surface area contributed by atoms with Gasteiger partial charge in [0.15, 0.2) is 5.82 Å². The zero-order valence-electron chi connectivity index (χ0n) is 20.4. The van der Waals surface area contributed by atoms with E-state index >= 15 is 4.39 Å².